The second-order valence-electron chi connectivity index (χ2n) is 8.07. The van der Waals surface area contributed by atoms with Gasteiger partial charge in [-0.1, -0.05) is 67.1 Å². The largest absolute Gasteiger partial charge is 0.495 e. The van der Waals surface area contributed by atoms with Gasteiger partial charge in [0.15, 0.2) is 0 Å². The number of amides is 1. The SMILES string of the molecule is COc1ccc(S(=O)(=O)N2CCCCC2)cc1NC(=O)C(c1ccccc1)c1ccccc1. The minimum Gasteiger partial charge on any atom is -0.495 e. The Bertz CT molecular complexity index is 1150. The third-order valence-corrected chi connectivity index (χ3v) is 7.80. The monoisotopic (exact) mass is 464 g/mol. The second-order valence-corrected chi connectivity index (χ2v) is 10.0. The van der Waals surface area contributed by atoms with Crippen molar-refractivity contribution in [1.82, 2.24) is 4.31 Å². The molecule has 0 saturated carbocycles. The zero-order valence-corrected chi connectivity index (χ0v) is 19.4. The number of anilines is 1. The van der Waals surface area contributed by atoms with Crippen LogP contribution >= 0.6 is 0 Å². The van der Waals surface area contributed by atoms with Gasteiger partial charge in [0.2, 0.25) is 15.9 Å². The molecule has 1 fully saturated rings. The van der Waals surface area contributed by atoms with Crippen LogP contribution in [0.25, 0.3) is 0 Å². The van der Waals surface area contributed by atoms with E-state index in [-0.39, 0.29) is 10.8 Å². The number of sulfonamides is 1. The minimum atomic E-state index is -3.64. The molecular weight excluding hydrogens is 436 g/mol. The maximum absolute atomic E-state index is 13.5. The topological polar surface area (TPSA) is 75.7 Å². The molecule has 7 heteroatoms. The predicted molar refractivity (Wildman–Crippen MR) is 129 cm³/mol. The summed E-state index contributed by atoms with van der Waals surface area (Å²) in [6.45, 7) is 1.03. The number of carbonyl (C=O) groups is 1. The molecule has 3 aromatic rings. The van der Waals surface area contributed by atoms with E-state index in [1.54, 1.807) is 6.07 Å². The van der Waals surface area contributed by atoms with Crippen LogP contribution in [0.4, 0.5) is 5.69 Å². The normalized spacial score (nSPS) is 14.7. The molecule has 0 atom stereocenters. The fourth-order valence-electron chi connectivity index (χ4n) is 4.19. The fraction of sp³-hybridized carbons (Fsp3) is 0.269. The number of ether oxygens (including phenoxy) is 1. The number of benzene rings is 3. The lowest BCUT2D eigenvalue weighted by Gasteiger charge is -2.26. The van der Waals surface area contributed by atoms with Crippen LogP contribution in [-0.2, 0) is 14.8 Å². The van der Waals surface area contributed by atoms with Crippen LogP contribution < -0.4 is 10.1 Å². The van der Waals surface area contributed by atoms with E-state index in [0.29, 0.717) is 24.5 Å². The molecule has 1 N–H and O–H groups in total. The molecule has 4 rings (SSSR count). The summed E-state index contributed by atoms with van der Waals surface area (Å²) >= 11 is 0. The van der Waals surface area contributed by atoms with Gasteiger partial charge in [0.25, 0.3) is 0 Å². The standard InChI is InChI=1S/C26H28N2O4S/c1-32-24-16-15-22(33(30,31)28-17-9-4-10-18-28)19-23(24)27-26(29)25(20-11-5-2-6-12-20)21-13-7-3-8-14-21/h2-3,5-8,11-16,19,25H,4,9-10,17-18H2,1H3,(H,27,29). The summed E-state index contributed by atoms with van der Waals surface area (Å²) in [4.78, 5) is 13.7. The summed E-state index contributed by atoms with van der Waals surface area (Å²) in [6.07, 6.45) is 2.75. The van der Waals surface area contributed by atoms with Crippen molar-refractivity contribution in [2.45, 2.75) is 30.1 Å². The molecule has 0 radical (unpaired) electrons. The van der Waals surface area contributed by atoms with Crippen LogP contribution in [0.15, 0.2) is 83.8 Å². The van der Waals surface area contributed by atoms with Crippen LogP contribution in [0, 0.1) is 0 Å². The van der Waals surface area contributed by atoms with Crippen LogP contribution in [0.1, 0.15) is 36.3 Å². The Labute approximate surface area is 195 Å². The molecule has 1 saturated heterocycles. The Hall–Kier alpha value is -3.16. The third-order valence-electron chi connectivity index (χ3n) is 5.91. The number of piperidine rings is 1. The minimum absolute atomic E-state index is 0.150. The van der Waals surface area contributed by atoms with Crippen LogP contribution in [0.5, 0.6) is 5.75 Å². The highest BCUT2D eigenvalue weighted by Gasteiger charge is 2.28. The Morgan fingerprint density at radius 3 is 2.00 bits per heavy atom. The lowest BCUT2D eigenvalue weighted by atomic mass is 9.90. The predicted octanol–water partition coefficient (Wildman–Crippen LogP) is 4.64. The van der Waals surface area contributed by atoms with Gasteiger partial charge >= 0.3 is 0 Å². The average molecular weight is 465 g/mol. The second kappa shape index (κ2) is 10.2. The van der Waals surface area contributed by atoms with Crippen molar-refractivity contribution in [1.29, 1.82) is 0 Å². The molecule has 172 valence electrons. The Balaban J connectivity index is 1.68. The van der Waals surface area contributed by atoms with Crippen LogP contribution in [0.3, 0.4) is 0 Å². The number of nitrogens with zero attached hydrogens (tertiary/aromatic N) is 1. The van der Waals surface area contributed by atoms with Crippen molar-refractivity contribution < 1.29 is 17.9 Å². The molecule has 0 bridgehead atoms. The van der Waals surface area contributed by atoms with Crippen molar-refractivity contribution >= 4 is 21.6 Å². The van der Waals surface area contributed by atoms with Crippen LogP contribution in [-0.4, -0.2) is 38.8 Å². The smallest absolute Gasteiger partial charge is 0.243 e. The van der Waals surface area contributed by atoms with Crippen molar-refractivity contribution in [2.24, 2.45) is 0 Å². The summed E-state index contributed by atoms with van der Waals surface area (Å²) in [7, 11) is -2.15. The van der Waals surface area contributed by atoms with Gasteiger partial charge in [-0.25, -0.2) is 8.42 Å². The molecule has 0 spiro atoms. The van der Waals surface area contributed by atoms with Gasteiger partial charge in [0.05, 0.1) is 23.6 Å². The molecule has 0 aromatic heterocycles. The van der Waals surface area contributed by atoms with E-state index >= 15 is 0 Å². The first-order chi connectivity index (χ1) is 16.0. The molecule has 1 aliphatic heterocycles. The fourth-order valence-corrected chi connectivity index (χ4v) is 5.73. The first-order valence-electron chi connectivity index (χ1n) is 11.1. The lowest BCUT2D eigenvalue weighted by Crippen LogP contribution is -2.35. The quantitative estimate of drug-likeness (QED) is 0.553. The van der Waals surface area contributed by atoms with Crippen molar-refractivity contribution in [3.05, 3.63) is 90.0 Å². The summed E-state index contributed by atoms with van der Waals surface area (Å²) in [5, 5.41) is 2.93. The Kier molecular flexibility index (Phi) is 7.11. The van der Waals surface area contributed by atoms with E-state index in [4.69, 9.17) is 4.74 Å². The van der Waals surface area contributed by atoms with Crippen molar-refractivity contribution in [3.63, 3.8) is 0 Å². The van der Waals surface area contributed by atoms with Crippen LogP contribution in [0.2, 0.25) is 0 Å². The zero-order valence-electron chi connectivity index (χ0n) is 18.6. The Morgan fingerprint density at radius 2 is 1.45 bits per heavy atom. The number of nitrogens with one attached hydrogen (secondary N) is 1. The van der Waals surface area contributed by atoms with E-state index in [1.165, 1.54) is 23.5 Å². The lowest BCUT2D eigenvalue weighted by molar-refractivity contribution is -0.116. The molecule has 3 aromatic carbocycles. The summed E-state index contributed by atoms with van der Waals surface area (Å²) in [5.41, 5.74) is 2.02. The maximum atomic E-state index is 13.5. The molecule has 1 amide bonds. The van der Waals surface area contributed by atoms with Gasteiger partial charge in [-0.05, 0) is 42.2 Å². The van der Waals surface area contributed by atoms with Gasteiger partial charge in [0.1, 0.15) is 5.75 Å². The molecule has 1 aliphatic rings. The van der Waals surface area contributed by atoms with Gasteiger partial charge in [-0.3, -0.25) is 4.79 Å². The van der Waals surface area contributed by atoms with Crippen molar-refractivity contribution in [2.75, 3.05) is 25.5 Å². The number of methoxy groups -OCH3 is 1. The third kappa shape index (κ3) is 5.10. The van der Waals surface area contributed by atoms with E-state index in [9.17, 15) is 13.2 Å². The van der Waals surface area contributed by atoms with E-state index in [2.05, 4.69) is 5.32 Å². The highest BCUT2D eigenvalue weighted by Crippen LogP contribution is 2.32. The molecule has 6 nitrogen and oxygen atoms in total. The van der Waals surface area contributed by atoms with E-state index in [0.717, 1.165) is 30.4 Å². The number of hydrogen-bond acceptors (Lipinski definition) is 4. The average Bonchev–Trinajstić information content (AvgIpc) is 2.86. The summed E-state index contributed by atoms with van der Waals surface area (Å²) in [6, 6.07) is 23.6. The van der Waals surface area contributed by atoms with E-state index in [1.807, 2.05) is 60.7 Å². The van der Waals surface area contributed by atoms with E-state index < -0.39 is 15.9 Å². The molecule has 0 aliphatic carbocycles. The molecule has 33 heavy (non-hydrogen) atoms. The molecule has 1 heterocycles. The summed E-state index contributed by atoms with van der Waals surface area (Å²) < 4.78 is 33.3. The molecular formula is C26H28N2O4S. The van der Waals surface area contributed by atoms with Gasteiger partial charge in [0, 0.05) is 13.1 Å². The van der Waals surface area contributed by atoms with Gasteiger partial charge < -0.3 is 10.1 Å². The van der Waals surface area contributed by atoms with Gasteiger partial charge in [-0.15, -0.1) is 0 Å². The number of hydrogen-bond donors (Lipinski definition) is 1. The first kappa shape index (κ1) is 23.0. The van der Waals surface area contributed by atoms with Crippen molar-refractivity contribution in [3.8, 4) is 5.75 Å². The number of rotatable bonds is 7. The van der Waals surface area contributed by atoms with Gasteiger partial charge in [-0.2, -0.15) is 4.31 Å². The Morgan fingerprint density at radius 1 is 0.879 bits per heavy atom. The zero-order chi connectivity index (χ0) is 23.3. The molecule has 0 unspecified atom stereocenters. The maximum Gasteiger partial charge on any atom is 0.243 e. The highest BCUT2D eigenvalue weighted by atomic mass is 32.2. The number of carbonyl (C=O) groups excluding carboxylic acids is 1. The highest BCUT2D eigenvalue weighted by molar-refractivity contribution is 7.89. The summed E-state index contributed by atoms with van der Waals surface area (Å²) in [5.74, 6) is -0.418. The first-order valence-corrected chi connectivity index (χ1v) is 12.5.